The van der Waals surface area contributed by atoms with Gasteiger partial charge in [0, 0.05) is 24.5 Å². The highest BCUT2D eigenvalue weighted by Crippen LogP contribution is 2.28. The molecule has 8 heteroatoms. The Hall–Kier alpha value is -3.52. The lowest BCUT2D eigenvalue weighted by atomic mass is 10.1. The van der Waals surface area contributed by atoms with Crippen molar-refractivity contribution < 1.29 is 19.1 Å². The summed E-state index contributed by atoms with van der Waals surface area (Å²) < 4.78 is 10.8. The Balaban J connectivity index is 1.69. The third-order valence-corrected chi connectivity index (χ3v) is 6.94. The summed E-state index contributed by atoms with van der Waals surface area (Å²) in [6.07, 6.45) is 2.43. The molecule has 0 saturated heterocycles. The van der Waals surface area contributed by atoms with E-state index in [0.717, 1.165) is 28.8 Å². The fraction of sp³-hybridized carbons (Fsp3) is 0.379. The molecule has 0 aliphatic rings. The maximum absolute atomic E-state index is 13.5. The minimum Gasteiger partial charge on any atom is -0.493 e. The molecule has 0 spiro atoms. The molecular formula is C29H37N3O4S. The van der Waals surface area contributed by atoms with Crippen LogP contribution in [0.5, 0.6) is 11.5 Å². The zero-order valence-electron chi connectivity index (χ0n) is 21.9. The fourth-order valence-corrected chi connectivity index (χ4v) is 4.65. The maximum atomic E-state index is 13.5. The van der Waals surface area contributed by atoms with Gasteiger partial charge in [-0.2, -0.15) is 0 Å². The van der Waals surface area contributed by atoms with Gasteiger partial charge in [0.15, 0.2) is 11.5 Å². The number of hydrogen-bond donors (Lipinski definition) is 1. The van der Waals surface area contributed by atoms with Gasteiger partial charge < -0.3 is 24.6 Å². The van der Waals surface area contributed by atoms with E-state index in [-0.39, 0.29) is 18.5 Å². The zero-order valence-corrected chi connectivity index (χ0v) is 22.8. The third kappa shape index (κ3) is 8.82. The minimum absolute atomic E-state index is 0.0396. The van der Waals surface area contributed by atoms with Crippen LogP contribution in [0.3, 0.4) is 0 Å². The summed E-state index contributed by atoms with van der Waals surface area (Å²) in [5.74, 6) is 1.27. The van der Waals surface area contributed by atoms with Crippen LogP contribution in [-0.4, -0.2) is 55.6 Å². The van der Waals surface area contributed by atoms with Crippen molar-refractivity contribution in [2.45, 2.75) is 39.3 Å². The summed E-state index contributed by atoms with van der Waals surface area (Å²) in [5, 5.41) is 4.98. The standard InChI is InChI=1S/C29H37N3O4S/c1-4-5-16-32(29(34)30-20-24-10-7-6-8-11-24)22-28(33)31(21-25-12-9-18-37-25)17-15-23-13-14-26(35-2)27(19-23)36-3/h6-14,18-19H,4-5,15-17,20-22H2,1-3H3,(H,30,34). The Morgan fingerprint density at radius 1 is 0.892 bits per heavy atom. The van der Waals surface area contributed by atoms with Crippen LogP contribution in [0.1, 0.15) is 35.8 Å². The van der Waals surface area contributed by atoms with E-state index in [9.17, 15) is 9.59 Å². The molecular weight excluding hydrogens is 486 g/mol. The van der Waals surface area contributed by atoms with E-state index in [1.807, 2.05) is 70.9 Å². The SMILES string of the molecule is CCCCN(CC(=O)N(CCc1ccc(OC)c(OC)c1)Cc1cccs1)C(=O)NCc1ccccc1. The van der Waals surface area contributed by atoms with Gasteiger partial charge in [-0.25, -0.2) is 4.79 Å². The van der Waals surface area contributed by atoms with Gasteiger partial charge in [0.1, 0.15) is 6.54 Å². The predicted molar refractivity (Wildman–Crippen MR) is 148 cm³/mol. The number of carbonyl (C=O) groups is 2. The molecule has 1 heterocycles. The first-order valence-electron chi connectivity index (χ1n) is 12.6. The van der Waals surface area contributed by atoms with Gasteiger partial charge in [0.05, 0.1) is 20.8 Å². The number of methoxy groups -OCH3 is 2. The van der Waals surface area contributed by atoms with Crippen LogP contribution >= 0.6 is 11.3 Å². The van der Waals surface area contributed by atoms with Crippen LogP contribution in [0.4, 0.5) is 4.79 Å². The van der Waals surface area contributed by atoms with Crippen molar-refractivity contribution in [2.75, 3.05) is 33.9 Å². The average molecular weight is 524 g/mol. The lowest BCUT2D eigenvalue weighted by molar-refractivity contribution is -0.132. The monoisotopic (exact) mass is 523 g/mol. The van der Waals surface area contributed by atoms with E-state index in [2.05, 4.69) is 12.2 Å². The second-order valence-electron chi connectivity index (χ2n) is 8.75. The second kappa shape index (κ2) is 14.9. The molecule has 0 fully saturated rings. The zero-order chi connectivity index (χ0) is 26.5. The summed E-state index contributed by atoms with van der Waals surface area (Å²) in [5.41, 5.74) is 2.07. The normalized spacial score (nSPS) is 10.6. The molecule has 1 aromatic heterocycles. The fourth-order valence-electron chi connectivity index (χ4n) is 3.93. The van der Waals surface area contributed by atoms with Gasteiger partial charge in [-0.15, -0.1) is 11.3 Å². The number of ether oxygens (including phenoxy) is 2. The van der Waals surface area contributed by atoms with Crippen LogP contribution < -0.4 is 14.8 Å². The van der Waals surface area contributed by atoms with Gasteiger partial charge in [0.25, 0.3) is 0 Å². The molecule has 3 rings (SSSR count). The Kier molecular flexibility index (Phi) is 11.3. The highest BCUT2D eigenvalue weighted by atomic mass is 32.1. The first-order valence-corrected chi connectivity index (χ1v) is 13.5. The quantitative estimate of drug-likeness (QED) is 0.309. The number of unbranched alkanes of at least 4 members (excludes halogenated alkanes) is 1. The van der Waals surface area contributed by atoms with Gasteiger partial charge in [-0.1, -0.05) is 55.8 Å². The minimum atomic E-state index is -0.221. The van der Waals surface area contributed by atoms with Crippen molar-refractivity contribution in [1.29, 1.82) is 0 Å². The van der Waals surface area contributed by atoms with Crippen LogP contribution in [0.2, 0.25) is 0 Å². The molecule has 0 aliphatic carbocycles. The lowest BCUT2D eigenvalue weighted by Crippen LogP contribution is -2.47. The Morgan fingerprint density at radius 2 is 1.68 bits per heavy atom. The van der Waals surface area contributed by atoms with Crippen molar-refractivity contribution in [3.05, 3.63) is 82.0 Å². The molecule has 0 unspecified atom stereocenters. The third-order valence-electron chi connectivity index (χ3n) is 6.08. The van der Waals surface area contributed by atoms with Crippen molar-refractivity contribution in [3.8, 4) is 11.5 Å². The lowest BCUT2D eigenvalue weighted by Gasteiger charge is -2.28. The highest BCUT2D eigenvalue weighted by Gasteiger charge is 2.22. The van der Waals surface area contributed by atoms with E-state index in [4.69, 9.17) is 9.47 Å². The highest BCUT2D eigenvalue weighted by molar-refractivity contribution is 7.09. The van der Waals surface area contributed by atoms with Gasteiger partial charge in [-0.05, 0) is 47.5 Å². The molecule has 3 aromatic rings. The summed E-state index contributed by atoms with van der Waals surface area (Å²) >= 11 is 1.62. The van der Waals surface area contributed by atoms with Crippen LogP contribution in [0.15, 0.2) is 66.0 Å². The Bertz CT molecular complexity index is 1110. The molecule has 2 aromatic carbocycles. The Morgan fingerprint density at radius 3 is 2.35 bits per heavy atom. The Labute approximate surface area is 224 Å². The van der Waals surface area contributed by atoms with Gasteiger partial charge in [0.2, 0.25) is 5.91 Å². The van der Waals surface area contributed by atoms with Crippen molar-refractivity contribution in [1.82, 2.24) is 15.1 Å². The smallest absolute Gasteiger partial charge is 0.318 e. The van der Waals surface area contributed by atoms with Crippen molar-refractivity contribution >= 4 is 23.3 Å². The number of benzene rings is 2. The van der Waals surface area contributed by atoms with Crippen molar-refractivity contribution in [3.63, 3.8) is 0 Å². The topological polar surface area (TPSA) is 71.1 Å². The molecule has 37 heavy (non-hydrogen) atoms. The summed E-state index contributed by atoms with van der Waals surface area (Å²) in [4.78, 5) is 31.1. The number of hydrogen-bond acceptors (Lipinski definition) is 5. The number of carbonyl (C=O) groups excluding carboxylic acids is 2. The second-order valence-corrected chi connectivity index (χ2v) is 9.79. The molecule has 0 saturated carbocycles. The van der Waals surface area contributed by atoms with E-state index in [1.165, 1.54) is 0 Å². The van der Waals surface area contributed by atoms with Crippen LogP contribution in [0, 0.1) is 0 Å². The molecule has 198 valence electrons. The van der Waals surface area contributed by atoms with Gasteiger partial charge >= 0.3 is 6.03 Å². The maximum Gasteiger partial charge on any atom is 0.318 e. The first kappa shape index (κ1) is 28.1. The predicted octanol–water partition coefficient (Wildman–Crippen LogP) is 5.35. The molecule has 0 atom stereocenters. The number of amides is 3. The largest absolute Gasteiger partial charge is 0.493 e. The number of nitrogens with zero attached hydrogens (tertiary/aromatic N) is 2. The number of nitrogens with one attached hydrogen (secondary N) is 1. The van der Waals surface area contributed by atoms with Crippen LogP contribution in [-0.2, 0) is 24.3 Å². The van der Waals surface area contributed by atoms with Crippen LogP contribution in [0.25, 0.3) is 0 Å². The molecule has 1 N–H and O–H groups in total. The molecule has 0 aliphatic heterocycles. The number of thiophene rings is 1. The molecule has 0 bridgehead atoms. The summed E-state index contributed by atoms with van der Waals surface area (Å²) in [6.45, 7) is 4.11. The molecule has 7 nitrogen and oxygen atoms in total. The van der Waals surface area contributed by atoms with Crippen molar-refractivity contribution in [2.24, 2.45) is 0 Å². The number of rotatable bonds is 14. The number of urea groups is 1. The molecule has 0 radical (unpaired) electrons. The summed E-state index contributed by atoms with van der Waals surface area (Å²) in [6, 6.07) is 19.4. The van der Waals surface area contributed by atoms with E-state index >= 15 is 0 Å². The first-order chi connectivity index (χ1) is 18.0. The summed E-state index contributed by atoms with van der Waals surface area (Å²) in [7, 11) is 3.22. The van der Waals surface area contributed by atoms with E-state index in [1.54, 1.807) is 30.5 Å². The average Bonchev–Trinajstić information content (AvgIpc) is 3.45. The van der Waals surface area contributed by atoms with E-state index < -0.39 is 0 Å². The molecule has 3 amide bonds. The van der Waals surface area contributed by atoms with E-state index in [0.29, 0.717) is 44.1 Å². The van der Waals surface area contributed by atoms with Gasteiger partial charge in [-0.3, -0.25) is 4.79 Å².